The highest BCUT2D eigenvalue weighted by molar-refractivity contribution is 14.1. The van der Waals surface area contributed by atoms with Crippen LogP contribution < -0.4 is 5.32 Å². The minimum absolute atomic E-state index is 0.836. The van der Waals surface area contributed by atoms with Gasteiger partial charge < -0.3 is 5.32 Å². The van der Waals surface area contributed by atoms with E-state index in [1.807, 2.05) is 30.5 Å². The maximum Gasteiger partial charge on any atom is 0.0664 e. The normalized spacial score (nSPS) is 9.93. The number of nitrogens with zero attached hydrogens (tertiary/aromatic N) is 1. The number of hydrogen-bond acceptors (Lipinski definition) is 2. The monoisotopic (exact) mass is 310 g/mol. The van der Waals surface area contributed by atoms with Crippen molar-refractivity contribution >= 4 is 28.3 Å². The second kappa shape index (κ2) is 5.11. The van der Waals surface area contributed by atoms with Crippen LogP contribution >= 0.6 is 22.6 Å². The van der Waals surface area contributed by atoms with Gasteiger partial charge in [0.2, 0.25) is 0 Å². The van der Waals surface area contributed by atoms with Gasteiger partial charge in [0, 0.05) is 16.3 Å². The summed E-state index contributed by atoms with van der Waals surface area (Å²) in [4.78, 5) is 4.09. The molecule has 0 aliphatic carbocycles. The smallest absolute Gasteiger partial charge is 0.0664 e. The predicted octanol–water partition coefficient (Wildman–Crippen LogP) is 3.30. The van der Waals surface area contributed by atoms with Crippen molar-refractivity contribution in [3.63, 3.8) is 0 Å². The van der Waals surface area contributed by atoms with Crippen LogP contribution in [0.5, 0.6) is 0 Å². The number of hydrogen-bond donors (Lipinski definition) is 1. The molecule has 1 aromatic carbocycles. The molecule has 15 heavy (non-hydrogen) atoms. The second-order valence-electron chi connectivity index (χ2n) is 3.19. The van der Waals surface area contributed by atoms with Crippen molar-refractivity contribution in [3.8, 4) is 0 Å². The van der Waals surface area contributed by atoms with Gasteiger partial charge in [0.05, 0.1) is 11.9 Å². The first-order valence-electron chi connectivity index (χ1n) is 4.73. The van der Waals surface area contributed by atoms with Crippen LogP contribution in [0, 0.1) is 3.57 Å². The Hall–Kier alpha value is -1.10. The summed E-state index contributed by atoms with van der Waals surface area (Å²) >= 11 is 2.30. The molecule has 0 saturated heterocycles. The van der Waals surface area contributed by atoms with Gasteiger partial charge in [-0.05, 0) is 34.2 Å². The van der Waals surface area contributed by atoms with Crippen molar-refractivity contribution < 1.29 is 0 Å². The zero-order chi connectivity index (χ0) is 10.5. The molecule has 0 radical (unpaired) electrons. The molecule has 0 atom stereocenters. The lowest BCUT2D eigenvalue weighted by molar-refractivity contribution is 1.13. The lowest BCUT2D eigenvalue weighted by Gasteiger charge is -2.07. The van der Waals surface area contributed by atoms with E-state index in [4.69, 9.17) is 0 Å². The number of rotatable bonds is 3. The summed E-state index contributed by atoms with van der Waals surface area (Å²) in [7, 11) is 0. The van der Waals surface area contributed by atoms with Crippen LogP contribution in [-0.4, -0.2) is 4.98 Å². The summed E-state index contributed by atoms with van der Waals surface area (Å²) in [6.45, 7) is 0.836. The predicted molar refractivity (Wildman–Crippen MR) is 70.7 cm³/mol. The molecule has 0 fully saturated rings. The topological polar surface area (TPSA) is 24.9 Å². The first kappa shape index (κ1) is 10.4. The van der Waals surface area contributed by atoms with Gasteiger partial charge in [-0.15, -0.1) is 0 Å². The molecule has 0 aliphatic rings. The van der Waals surface area contributed by atoms with E-state index in [0.29, 0.717) is 0 Å². The van der Waals surface area contributed by atoms with Gasteiger partial charge in [0.15, 0.2) is 0 Å². The van der Waals surface area contributed by atoms with Crippen molar-refractivity contribution in [1.29, 1.82) is 0 Å². The summed E-state index contributed by atoms with van der Waals surface area (Å²) < 4.78 is 1.19. The maximum absolute atomic E-state index is 4.09. The Labute approximate surface area is 103 Å². The molecule has 0 unspecified atom stereocenters. The van der Waals surface area contributed by atoms with E-state index in [1.165, 1.54) is 9.13 Å². The third-order valence-electron chi connectivity index (χ3n) is 2.09. The molecule has 2 rings (SSSR count). The fraction of sp³-hybridized carbons (Fsp3) is 0.0833. The SMILES string of the molecule is Ic1ccncc1NCc1ccccc1. The van der Waals surface area contributed by atoms with Crippen LogP contribution in [0.4, 0.5) is 5.69 Å². The number of halogens is 1. The number of pyridine rings is 1. The van der Waals surface area contributed by atoms with Crippen LogP contribution in [0.1, 0.15) is 5.56 Å². The van der Waals surface area contributed by atoms with Crippen LogP contribution in [-0.2, 0) is 6.54 Å². The Kier molecular flexibility index (Phi) is 3.55. The summed E-state index contributed by atoms with van der Waals surface area (Å²) in [5, 5.41) is 3.36. The fourth-order valence-corrected chi connectivity index (χ4v) is 1.79. The van der Waals surface area contributed by atoms with E-state index in [9.17, 15) is 0 Å². The molecule has 0 saturated carbocycles. The lowest BCUT2D eigenvalue weighted by Crippen LogP contribution is -2.00. The van der Waals surface area contributed by atoms with E-state index in [0.717, 1.165) is 12.2 Å². The van der Waals surface area contributed by atoms with Crippen LogP contribution in [0.2, 0.25) is 0 Å². The quantitative estimate of drug-likeness (QED) is 0.880. The van der Waals surface area contributed by atoms with Crippen molar-refractivity contribution in [2.24, 2.45) is 0 Å². The van der Waals surface area contributed by atoms with Crippen LogP contribution in [0.3, 0.4) is 0 Å². The average molecular weight is 310 g/mol. The fourth-order valence-electron chi connectivity index (χ4n) is 1.30. The number of anilines is 1. The van der Waals surface area contributed by atoms with E-state index in [-0.39, 0.29) is 0 Å². The summed E-state index contributed by atoms with van der Waals surface area (Å²) in [5.41, 5.74) is 2.36. The van der Waals surface area contributed by atoms with E-state index >= 15 is 0 Å². The van der Waals surface area contributed by atoms with Crippen molar-refractivity contribution in [2.45, 2.75) is 6.54 Å². The first-order valence-corrected chi connectivity index (χ1v) is 5.81. The molecule has 2 nitrogen and oxygen atoms in total. The van der Waals surface area contributed by atoms with Crippen molar-refractivity contribution in [3.05, 3.63) is 57.9 Å². The van der Waals surface area contributed by atoms with Gasteiger partial charge in [0.25, 0.3) is 0 Å². The molecule has 0 bridgehead atoms. The lowest BCUT2D eigenvalue weighted by atomic mass is 10.2. The molecular weight excluding hydrogens is 299 g/mol. The standard InChI is InChI=1S/C12H11IN2/c13-11-6-7-14-9-12(11)15-8-10-4-2-1-3-5-10/h1-7,9,15H,8H2. The largest absolute Gasteiger partial charge is 0.379 e. The average Bonchev–Trinajstić information content (AvgIpc) is 2.29. The second-order valence-corrected chi connectivity index (χ2v) is 4.36. The number of benzene rings is 1. The van der Waals surface area contributed by atoms with Gasteiger partial charge >= 0.3 is 0 Å². The third-order valence-corrected chi connectivity index (χ3v) is 3.03. The Balaban J connectivity index is 2.03. The summed E-state index contributed by atoms with van der Waals surface area (Å²) in [6.07, 6.45) is 3.65. The Morgan fingerprint density at radius 3 is 2.67 bits per heavy atom. The van der Waals surface area contributed by atoms with Gasteiger partial charge in [-0.2, -0.15) is 0 Å². The molecule has 1 aromatic heterocycles. The highest BCUT2D eigenvalue weighted by Gasteiger charge is 1.97. The molecule has 3 heteroatoms. The van der Waals surface area contributed by atoms with E-state index in [2.05, 4.69) is 45.0 Å². The summed E-state index contributed by atoms with van der Waals surface area (Å²) in [5.74, 6) is 0. The molecular formula is C12H11IN2. The van der Waals surface area contributed by atoms with E-state index in [1.54, 1.807) is 6.20 Å². The van der Waals surface area contributed by atoms with Gasteiger partial charge in [-0.1, -0.05) is 30.3 Å². The van der Waals surface area contributed by atoms with Gasteiger partial charge in [-0.25, -0.2) is 0 Å². The van der Waals surface area contributed by atoms with Crippen LogP contribution in [0.15, 0.2) is 48.8 Å². The van der Waals surface area contributed by atoms with Gasteiger partial charge in [0.1, 0.15) is 0 Å². The number of nitrogens with one attached hydrogen (secondary N) is 1. The Morgan fingerprint density at radius 2 is 1.93 bits per heavy atom. The summed E-state index contributed by atoms with van der Waals surface area (Å²) in [6, 6.07) is 12.3. The third kappa shape index (κ3) is 2.92. The molecule has 0 spiro atoms. The maximum atomic E-state index is 4.09. The highest BCUT2D eigenvalue weighted by Crippen LogP contribution is 2.16. The van der Waals surface area contributed by atoms with Crippen molar-refractivity contribution in [1.82, 2.24) is 4.98 Å². The molecule has 2 aromatic rings. The zero-order valence-electron chi connectivity index (χ0n) is 8.15. The molecule has 1 N–H and O–H groups in total. The molecule has 0 amide bonds. The minimum Gasteiger partial charge on any atom is -0.379 e. The zero-order valence-corrected chi connectivity index (χ0v) is 10.3. The minimum atomic E-state index is 0.836. The van der Waals surface area contributed by atoms with Crippen molar-refractivity contribution in [2.75, 3.05) is 5.32 Å². The van der Waals surface area contributed by atoms with Crippen LogP contribution in [0.25, 0.3) is 0 Å². The number of aromatic nitrogens is 1. The highest BCUT2D eigenvalue weighted by atomic mass is 127. The molecule has 0 aliphatic heterocycles. The van der Waals surface area contributed by atoms with Gasteiger partial charge in [-0.3, -0.25) is 4.98 Å². The first-order chi connectivity index (χ1) is 7.36. The van der Waals surface area contributed by atoms with E-state index < -0.39 is 0 Å². The molecule has 76 valence electrons. The molecule has 1 heterocycles. The Morgan fingerprint density at radius 1 is 1.13 bits per heavy atom. The Bertz CT molecular complexity index is 429.